The third-order valence-electron chi connectivity index (χ3n) is 7.11. The Morgan fingerprint density at radius 1 is 1.00 bits per heavy atom. The molecule has 1 aromatic carbocycles. The molecule has 2 saturated heterocycles. The van der Waals surface area contributed by atoms with Crippen LogP contribution in [0, 0.1) is 18.7 Å². The van der Waals surface area contributed by atoms with E-state index in [2.05, 4.69) is 10.00 Å². The summed E-state index contributed by atoms with van der Waals surface area (Å²) in [5.41, 5.74) is 1.84. The van der Waals surface area contributed by atoms with Crippen molar-refractivity contribution in [3.05, 3.63) is 52.3 Å². The number of carbonyl (C=O) groups excluding carboxylic acids is 2. The molecular formula is C26H31FN4O2S. The number of nitrogens with zero attached hydrogens (tertiary/aromatic N) is 4. The Morgan fingerprint density at radius 2 is 1.68 bits per heavy atom. The summed E-state index contributed by atoms with van der Waals surface area (Å²) in [5, 5.41) is 5.61. The van der Waals surface area contributed by atoms with E-state index in [1.807, 2.05) is 22.6 Å². The summed E-state index contributed by atoms with van der Waals surface area (Å²) in [6.07, 6.45) is 6.12. The predicted octanol–water partition coefficient (Wildman–Crippen LogP) is 4.85. The molecule has 4 heterocycles. The number of piperidine rings is 1. The molecule has 3 aromatic rings. The third kappa shape index (κ3) is 4.73. The Labute approximate surface area is 203 Å². The largest absolute Gasteiger partial charge is 0.342 e. The number of aromatic nitrogens is 2. The highest BCUT2D eigenvalue weighted by molar-refractivity contribution is 7.20. The Kier molecular flexibility index (Phi) is 6.68. The van der Waals surface area contributed by atoms with E-state index in [9.17, 15) is 14.0 Å². The van der Waals surface area contributed by atoms with E-state index in [4.69, 9.17) is 0 Å². The van der Waals surface area contributed by atoms with Gasteiger partial charge in [0, 0.05) is 37.5 Å². The quantitative estimate of drug-likeness (QED) is 0.534. The average Bonchev–Trinajstić information content (AvgIpc) is 3.28. The normalized spacial score (nSPS) is 17.8. The van der Waals surface area contributed by atoms with Crippen LogP contribution in [0.5, 0.6) is 0 Å². The second-order valence-corrected chi connectivity index (χ2v) is 10.5. The molecule has 0 atom stereocenters. The number of aryl methyl sites for hydroxylation is 1. The first kappa shape index (κ1) is 23.0. The number of fused-ring (bicyclic) bond motifs is 1. The summed E-state index contributed by atoms with van der Waals surface area (Å²) in [6, 6.07) is 8.37. The minimum Gasteiger partial charge on any atom is -0.342 e. The van der Waals surface area contributed by atoms with Crippen LogP contribution < -0.4 is 0 Å². The molecule has 8 heteroatoms. The van der Waals surface area contributed by atoms with Gasteiger partial charge in [0.2, 0.25) is 5.91 Å². The van der Waals surface area contributed by atoms with E-state index in [0.717, 1.165) is 60.2 Å². The van der Waals surface area contributed by atoms with Crippen molar-refractivity contribution < 1.29 is 14.0 Å². The minimum atomic E-state index is -0.258. The van der Waals surface area contributed by atoms with Gasteiger partial charge in [0.05, 0.1) is 17.1 Å². The molecule has 5 rings (SSSR count). The smallest absolute Gasteiger partial charge is 0.264 e. The monoisotopic (exact) mass is 482 g/mol. The molecule has 0 unspecified atom stereocenters. The van der Waals surface area contributed by atoms with Crippen LogP contribution in [-0.4, -0.2) is 57.6 Å². The highest BCUT2D eigenvalue weighted by Gasteiger charge is 2.31. The van der Waals surface area contributed by atoms with Gasteiger partial charge in [-0.1, -0.05) is 25.0 Å². The molecule has 0 aliphatic carbocycles. The average molecular weight is 483 g/mol. The maximum atomic E-state index is 13.3. The fourth-order valence-electron chi connectivity index (χ4n) is 5.12. The first-order valence-corrected chi connectivity index (χ1v) is 13.1. The van der Waals surface area contributed by atoms with Crippen molar-refractivity contribution in [2.24, 2.45) is 5.92 Å². The number of thiophene rings is 1. The van der Waals surface area contributed by atoms with Gasteiger partial charge in [-0.05, 0) is 56.4 Å². The molecule has 180 valence electrons. The number of rotatable bonds is 4. The zero-order valence-electron chi connectivity index (χ0n) is 19.6. The van der Waals surface area contributed by atoms with Crippen LogP contribution in [0.25, 0.3) is 10.2 Å². The zero-order valence-corrected chi connectivity index (χ0v) is 20.5. The zero-order chi connectivity index (χ0) is 23.7. The first-order chi connectivity index (χ1) is 16.5. The third-order valence-corrected chi connectivity index (χ3v) is 8.25. The lowest BCUT2D eigenvalue weighted by Gasteiger charge is -2.33. The highest BCUT2D eigenvalue weighted by Crippen LogP contribution is 2.31. The van der Waals surface area contributed by atoms with E-state index in [1.165, 1.54) is 36.3 Å². The van der Waals surface area contributed by atoms with Crippen LogP contribution in [-0.2, 0) is 11.3 Å². The Hall–Kier alpha value is -2.74. The SMILES string of the molecule is Cc1nn(Cc2ccc(F)cc2)c2sc(C(=O)N3CCC(C(=O)N4CCCCCC4)CC3)cc12. The molecule has 34 heavy (non-hydrogen) atoms. The minimum absolute atomic E-state index is 0.0367. The van der Waals surface area contributed by atoms with Crippen molar-refractivity contribution in [1.29, 1.82) is 0 Å². The predicted molar refractivity (Wildman–Crippen MR) is 132 cm³/mol. The van der Waals surface area contributed by atoms with Gasteiger partial charge in [-0.3, -0.25) is 14.3 Å². The van der Waals surface area contributed by atoms with Crippen molar-refractivity contribution in [2.45, 2.75) is 52.0 Å². The van der Waals surface area contributed by atoms with Gasteiger partial charge in [0.25, 0.3) is 5.91 Å². The molecule has 0 spiro atoms. The van der Waals surface area contributed by atoms with Crippen molar-refractivity contribution in [3.8, 4) is 0 Å². The van der Waals surface area contributed by atoms with Crippen LogP contribution in [0.3, 0.4) is 0 Å². The molecular weight excluding hydrogens is 451 g/mol. The van der Waals surface area contributed by atoms with Crippen molar-refractivity contribution >= 4 is 33.4 Å². The Morgan fingerprint density at radius 3 is 2.35 bits per heavy atom. The summed E-state index contributed by atoms with van der Waals surface area (Å²) in [6.45, 7) is 5.49. The molecule has 2 fully saturated rings. The molecule has 2 aliphatic heterocycles. The highest BCUT2D eigenvalue weighted by atomic mass is 32.1. The topological polar surface area (TPSA) is 58.4 Å². The van der Waals surface area contributed by atoms with Gasteiger partial charge in [0.15, 0.2) is 0 Å². The Balaban J connectivity index is 1.25. The number of hydrogen-bond acceptors (Lipinski definition) is 4. The van der Waals surface area contributed by atoms with Crippen molar-refractivity contribution in [2.75, 3.05) is 26.2 Å². The summed E-state index contributed by atoms with van der Waals surface area (Å²) >= 11 is 1.46. The maximum absolute atomic E-state index is 13.3. The molecule has 0 N–H and O–H groups in total. The Bertz CT molecular complexity index is 1170. The summed E-state index contributed by atoms with van der Waals surface area (Å²) in [7, 11) is 0. The molecule has 6 nitrogen and oxygen atoms in total. The fraction of sp³-hybridized carbons (Fsp3) is 0.500. The summed E-state index contributed by atoms with van der Waals surface area (Å²) < 4.78 is 15.1. The molecule has 2 aromatic heterocycles. The van der Waals surface area contributed by atoms with Gasteiger partial charge < -0.3 is 9.80 Å². The van der Waals surface area contributed by atoms with E-state index in [1.54, 1.807) is 12.1 Å². The fourth-order valence-corrected chi connectivity index (χ4v) is 6.25. The van der Waals surface area contributed by atoms with Crippen LogP contribution >= 0.6 is 11.3 Å². The van der Waals surface area contributed by atoms with Crippen molar-refractivity contribution in [1.82, 2.24) is 19.6 Å². The summed E-state index contributed by atoms with van der Waals surface area (Å²) in [4.78, 5) is 31.9. The lowest BCUT2D eigenvalue weighted by molar-refractivity contribution is -0.136. The second-order valence-electron chi connectivity index (χ2n) is 9.50. The number of amides is 2. The number of carbonyl (C=O) groups is 2. The van der Waals surface area contributed by atoms with Crippen LogP contribution in [0.2, 0.25) is 0 Å². The van der Waals surface area contributed by atoms with Crippen LogP contribution in [0.15, 0.2) is 30.3 Å². The second kappa shape index (κ2) is 9.86. The van der Waals surface area contributed by atoms with Crippen LogP contribution in [0.1, 0.15) is 59.5 Å². The number of benzene rings is 1. The number of likely N-dealkylation sites (tertiary alicyclic amines) is 2. The van der Waals surface area contributed by atoms with Crippen molar-refractivity contribution in [3.63, 3.8) is 0 Å². The molecule has 2 amide bonds. The van der Waals surface area contributed by atoms with Gasteiger partial charge in [-0.15, -0.1) is 11.3 Å². The molecule has 0 bridgehead atoms. The summed E-state index contributed by atoms with van der Waals surface area (Å²) in [5.74, 6) is 0.101. The first-order valence-electron chi connectivity index (χ1n) is 12.3. The van der Waals surface area contributed by atoms with Crippen LogP contribution in [0.4, 0.5) is 4.39 Å². The standard InChI is InChI=1S/C26H31FN4O2S/c1-18-22-16-23(34-26(22)31(28-18)17-19-6-8-21(27)9-7-19)25(33)30-14-10-20(11-15-30)24(32)29-12-4-2-3-5-13-29/h6-9,16,20H,2-5,10-15,17H2,1H3. The van der Waals surface area contributed by atoms with E-state index in [-0.39, 0.29) is 23.5 Å². The van der Waals surface area contributed by atoms with Gasteiger partial charge >= 0.3 is 0 Å². The number of halogens is 1. The molecule has 2 aliphatic rings. The number of hydrogen-bond donors (Lipinski definition) is 0. The van der Waals surface area contributed by atoms with Gasteiger partial charge in [-0.2, -0.15) is 5.10 Å². The maximum Gasteiger partial charge on any atom is 0.264 e. The van der Waals surface area contributed by atoms with Gasteiger partial charge in [-0.25, -0.2) is 4.39 Å². The van der Waals surface area contributed by atoms with E-state index in [0.29, 0.717) is 24.5 Å². The van der Waals surface area contributed by atoms with E-state index < -0.39 is 0 Å². The van der Waals surface area contributed by atoms with E-state index >= 15 is 0 Å². The lowest BCUT2D eigenvalue weighted by atomic mass is 9.95. The molecule has 0 saturated carbocycles. The lowest BCUT2D eigenvalue weighted by Crippen LogP contribution is -2.44. The molecule has 0 radical (unpaired) electrons. The van der Waals surface area contributed by atoms with Gasteiger partial charge in [0.1, 0.15) is 10.6 Å².